The van der Waals surface area contributed by atoms with Crippen molar-refractivity contribution in [1.29, 1.82) is 0 Å². The smallest absolute Gasteiger partial charge is 0.149 e. The molecule has 4 heteroatoms. The molecule has 0 unspecified atom stereocenters. The zero-order valence-corrected chi connectivity index (χ0v) is 10.3. The van der Waals surface area contributed by atoms with Gasteiger partial charge in [-0.15, -0.1) is 0 Å². The Balaban J connectivity index is 3.09. The van der Waals surface area contributed by atoms with Gasteiger partial charge in [0, 0.05) is 18.7 Å². The van der Waals surface area contributed by atoms with E-state index in [0.717, 1.165) is 35.9 Å². The molecule has 0 aliphatic rings. The first-order chi connectivity index (χ1) is 7.76. The number of methoxy groups -OCH3 is 3. The second kappa shape index (κ2) is 6.10. The molecule has 0 aromatic heterocycles. The molecule has 1 rings (SSSR count). The molecule has 0 saturated carbocycles. The summed E-state index contributed by atoms with van der Waals surface area (Å²) in [5, 5.41) is 3.28. The molecule has 0 aliphatic carbocycles. The maximum atomic E-state index is 5.30. The highest BCUT2D eigenvalue weighted by Gasteiger charge is 2.12. The number of rotatable bonds is 6. The summed E-state index contributed by atoms with van der Waals surface area (Å²) in [4.78, 5) is 0. The third-order valence-electron chi connectivity index (χ3n) is 2.27. The van der Waals surface area contributed by atoms with Gasteiger partial charge in [-0.2, -0.15) is 0 Å². The van der Waals surface area contributed by atoms with Gasteiger partial charge in [0.1, 0.15) is 22.9 Å². The Morgan fingerprint density at radius 3 is 1.94 bits per heavy atom. The zero-order valence-electron chi connectivity index (χ0n) is 10.3. The van der Waals surface area contributed by atoms with Gasteiger partial charge < -0.3 is 19.5 Å². The normalized spacial score (nSPS) is 9.75. The summed E-state index contributed by atoms with van der Waals surface area (Å²) in [7, 11) is 4.88. The standard InChI is InChI=1S/C12H19NO3/c1-5-6-13-12-10(15-3)7-9(14-2)8-11(12)16-4/h7-8,13H,5-6H2,1-4H3. The third kappa shape index (κ3) is 2.72. The summed E-state index contributed by atoms with van der Waals surface area (Å²) in [5.41, 5.74) is 0.868. The number of hydrogen-bond acceptors (Lipinski definition) is 4. The predicted octanol–water partition coefficient (Wildman–Crippen LogP) is 2.53. The molecule has 0 fully saturated rings. The van der Waals surface area contributed by atoms with E-state index in [1.807, 2.05) is 12.1 Å². The van der Waals surface area contributed by atoms with Crippen molar-refractivity contribution in [3.8, 4) is 17.2 Å². The highest BCUT2D eigenvalue weighted by molar-refractivity contribution is 5.68. The molecule has 0 aliphatic heterocycles. The van der Waals surface area contributed by atoms with E-state index in [2.05, 4.69) is 12.2 Å². The maximum Gasteiger partial charge on any atom is 0.149 e. The first-order valence-corrected chi connectivity index (χ1v) is 5.30. The highest BCUT2D eigenvalue weighted by Crippen LogP contribution is 2.38. The Labute approximate surface area is 96.5 Å². The van der Waals surface area contributed by atoms with Crippen LogP contribution in [0.15, 0.2) is 12.1 Å². The van der Waals surface area contributed by atoms with Gasteiger partial charge >= 0.3 is 0 Å². The number of nitrogens with one attached hydrogen (secondary N) is 1. The molecular weight excluding hydrogens is 206 g/mol. The van der Waals surface area contributed by atoms with E-state index in [9.17, 15) is 0 Å². The van der Waals surface area contributed by atoms with Gasteiger partial charge in [-0.25, -0.2) is 0 Å². The average molecular weight is 225 g/mol. The van der Waals surface area contributed by atoms with E-state index in [1.165, 1.54) is 0 Å². The maximum absolute atomic E-state index is 5.30. The van der Waals surface area contributed by atoms with Crippen LogP contribution in [0.5, 0.6) is 17.2 Å². The van der Waals surface area contributed by atoms with Crippen LogP contribution >= 0.6 is 0 Å². The van der Waals surface area contributed by atoms with Crippen LogP contribution in [0, 0.1) is 0 Å². The number of anilines is 1. The van der Waals surface area contributed by atoms with E-state index in [4.69, 9.17) is 14.2 Å². The SMILES string of the molecule is CCCNc1c(OC)cc(OC)cc1OC. The van der Waals surface area contributed by atoms with Crippen molar-refractivity contribution in [1.82, 2.24) is 0 Å². The molecule has 1 N–H and O–H groups in total. The Morgan fingerprint density at radius 2 is 1.56 bits per heavy atom. The van der Waals surface area contributed by atoms with E-state index in [0.29, 0.717) is 0 Å². The molecule has 1 aromatic carbocycles. The van der Waals surface area contributed by atoms with E-state index in [-0.39, 0.29) is 0 Å². The lowest BCUT2D eigenvalue weighted by molar-refractivity contribution is 0.377. The van der Waals surface area contributed by atoms with Crippen LogP contribution in [0.1, 0.15) is 13.3 Å². The topological polar surface area (TPSA) is 39.7 Å². The predicted molar refractivity (Wildman–Crippen MR) is 64.9 cm³/mol. The van der Waals surface area contributed by atoms with Crippen LogP contribution in [-0.2, 0) is 0 Å². The summed E-state index contributed by atoms with van der Waals surface area (Å²) < 4.78 is 15.8. The Morgan fingerprint density at radius 1 is 1.00 bits per heavy atom. The lowest BCUT2D eigenvalue weighted by Crippen LogP contribution is -2.04. The quantitative estimate of drug-likeness (QED) is 0.807. The van der Waals surface area contributed by atoms with Crippen molar-refractivity contribution in [3.63, 3.8) is 0 Å². The fourth-order valence-corrected chi connectivity index (χ4v) is 1.43. The lowest BCUT2D eigenvalue weighted by atomic mass is 10.2. The Bertz CT molecular complexity index is 314. The van der Waals surface area contributed by atoms with Crippen LogP contribution in [0.2, 0.25) is 0 Å². The molecule has 0 saturated heterocycles. The Hall–Kier alpha value is -1.58. The molecule has 90 valence electrons. The highest BCUT2D eigenvalue weighted by atomic mass is 16.5. The first kappa shape index (κ1) is 12.5. The molecule has 0 atom stereocenters. The molecule has 1 aromatic rings. The van der Waals surface area contributed by atoms with Crippen LogP contribution < -0.4 is 19.5 Å². The van der Waals surface area contributed by atoms with E-state index < -0.39 is 0 Å². The minimum atomic E-state index is 0.718. The van der Waals surface area contributed by atoms with Gasteiger partial charge in [-0.1, -0.05) is 6.92 Å². The number of ether oxygens (including phenoxy) is 3. The number of hydrogen-bond donors (Lipinski definition) is 1. The van der Waals surface area contributed by atoms with Gasteiger partial charge in [-0.3, -0.25) is 0 Å². The molecule has 0 bridgehead atoms. The van der Waals surface area contributed by atoms with E-state index >= 15 is 0 Å². The zero-order chi connectivity index (χ0) is 12.0. The van der Waals surface area contributed by atoms with Crippen LogP contribution in [-0.4, -0.2) is 27.9 Å². The molecule has 0 amide bonds. The molecule has 16 heavy (non-hydrogen) atoms. The summed E-state index contributed by atoms with van der Waals surface area (Å²) in [5.74, 6) is 2.17. The van der Waals surface area contributed by atoms with Gasteiger partial charge in [0.15, 0.2) is 0 Å². The fourth-order valence-electron chi connectivity index (χ4n) is 1.43. The van der Waals surface area contributed by atoms with Crippen molar-refractivity contribution >= 4 is 5.69 Å². The monoisotopic (exact) mass is 225 g/mol. The van der Waals surface area contributed by atoms with Crippen molar-refractivity contribution in [3.05, 3.63) is 12.1 Å². The van der Waals surface area contributed by atoms with Crippen LogP contribution in [0.4, 0.5) is 5.69 Å². The molecule has 0 spiro atoms. The summed E-state index contributed by atoms with van der Waals surface area (Å²) >= 11 is 0. The van der Waals surface area contributed by atoms with Crippen LogP contribution in [0.25, 0.3) is 0 Å². The first-order valence-electron chi connectivity index (χ1n) is 5.30. The summed E-state index contributed by atoms with van der Waals surface area (Å²) in [6.45, 7) is 2.98. The molecule has 4 nitrogen and oxygen atoms in total. The van der Waals surface area contributed by atoms with Crippen LogP contribution in [0.3, 0.4) is 0 Å². The molecular formula is C12H19NO3. The Kier molecular flexibility index (Phi) is 4.76. The van der Waals surface area contributed by atoms with Crippen molar-refractivity contribution in [2.45, 2.75) is 13.3 Å². The average Bonchev–Trinajstić information content (AvgIpc) is 2.35. The van der Waals surface area contributed by atoms with Gasteiger partial charge in [0.05, 0.1) is 21.3 Å². The van der Waals surface area contributed by atoms with Crippen molar-refractivity contribution in [2.24, 2.45) is 0 Å². The van der Waals surface area contributed by atoms with Crippen molar-refractivity contribution < 1.29 is 14.2 Å². The second-order valence-corrected chi connectivity index (χ2v) is 3.33. The van der Waals surface area contributed by atoms with Gasteiger partial charge in [0.25, 0.3) is 0 Å². The fraction of sp³-hybridized carbons (Fsp3) is 0.500. The largest absolute Gasteiger partial charge is 0.496 e. The number of benzene rings is 1. The third-order valence-corrected chi connectivity index (χ3v) is 2.27. The summed E-state index contributed by atoms with van der Waals surface area (Å²) in [6.07, 6.45) is 1.04. The second-order valence-electron chi connectivity index (χ2n) is 3.33. The van der Waals surface area contributed by atoms with Crippen molar-refractivity contribution in [2.75, 3.05) is 33.2 Å². The van der Waals surface area contributed by atoms with E-state index in [1.54, 1.807) is 21.3 Å². The lowest BCUT2D eigenvalue weighted by Gasteiger charge is -2.15. The molecule has 0 radical (unpaired) electrons. The minimum absolute atomic E-state index is 0.718. The minimum Gasteiger partial charge on any atom is -0.496 e. The van der Waals surface area contributed by atoms with Gasteiger partial charge in [-0.05, 0) is 6.42 Å². The molecule has 0 heterocycles. The summed E-state index contributed by atoms with van der Waals surface area (Å²) in [6, 6.07) is 3.67. The van der Waals surface area contributed by atoms with Gasteiger partial charge in [0.2, 0.25) is 0 Å².